The Hall–Kier alpha value is -1.59. The van der Waals surface area contributed by atoms with Gasteiger partial charge in [-0.15, -0.1) is 0 Å². The molecule has 110 valence electrons. The fourth-order valence-corrected chi connectivity index (χ4v) is 2.31. The lowest BCUT2D eigenvalue weighted by Crippen LogP contribution is -2.20. The molecule has 2 aromatic rings. The summed E-state index contributed by atoms with van der Waals surface area (Å²) in [5.74, 6) is -0.317. The lowest BCUT2D eigenvalue weighted by Gasteiger charge is -2.10. The molecule has 0 radical (unpaired) electrons. The molecular weight excluding hydrogens is 361 g/mol. The first-order valence-corrected chi connectivity index (χ1v) is 7.26. The van der Waals surface area contributed by atoms with Crippen LogP contribution in [0.5, 0.6) is 5.75 Å². The van der Waals surface area contributed by atoms with Gasteiger partial charge >= 0.3 is 0 Å². The summed E-state index contributed by atoms with van der Waals surface area (Å²) in [4.78, 5) is 11.8. The van der Waals surface area contributed by atoms with Gasteiger partial charge in [0.1, 0.15) is 11.6 Å². The van der Waals surface area contributed by atoms with Gasteiger partial charge in [0, 0.05) is 10.7 Å². The Morgan fingerprint density at radius 2 is 2.14 bits per heavy atom. The molecule has 0 fully saturated rings. The van der Waals surface area contributed by atoms with Crippen molar-refractivity contribution >= 4 is 39.1 Å². The molecule has 0 aliphatic rings. The number of aryl methyl sites for hydroxylation is 1. The van der Waals surface area contributed by atoms with E-state index in [4.69, 9.17) is 16.3 Å². The number of amides is 1. The fourth-order valence-electron chi connectivity index (χ4n) is 1.67. The van der Waals surface area contributed by atoms with Crippen LogP contribution in [0, 0.1) is 12.7 Å². The summed E-state index contributed by atoms with van der Waals surface area (Å²) in [5, 5.41) is 3.13. The van der Waals surface area contributed by atoms with Crippen LogP contribution in [0.2, 0.25) is 5.02 Å². The predicted molar refractivity (Wildman–Crippen MR) is 84.4 cm³/mol. The number of rotatable bonds is 4. The number of hydrogen-bond donors (Lipinski definition) is 1. The molecular formula is C15H12BrClFNO2. The zero-order valence-electron chi connectivity index (χ0n) is 11.1. The monoisotopic (exact) mass is 371 g/mol. The molecule has 3 nitrogen and oxygen atoms in total. The van der Waals surface area contributed by atoms with E-state index in [-0.39, 0.29) is 12.5 Å². The van der Waals surface area contributed by atoms with Crippen molar-refractivity contribution in [2.45, 2.75) is 6.92 Å². The van der Waals surface area contributed by atoms with Crippen LogP contribution >= 0.6 is 27.5 Å². The molecule has 0 aliphatic heterocycles. The van der Waals surface area contributed by atoms with Crippen LogP contribution in [0.3, 0.4) is 0 Å². The standard InChI is InChI=1S/C15H12BrClFNO2/c1-9-5-12(16)13(18)7-14(9)19-15(20)8-21-11-4-2-3-10(17)6-11/h2-7H,8H2,1H3,(H,19,20). The van der Waals surface area contributed by atoms with Crippen LogP contribution in [0.1, 0.15) is 5.56 Å². The number of carbonyl (C=O) groups is 1. The molecule has 1 amide bonds. The largest absolute Gasteiger partial charge is 0.484 e. The van der Waals surface area contributed by atoms with E-state index < -0.39 is 5.82 Å². The minimum Gasteiger partial charge on any atom is -0.484 e. The molecule has 0 heterocycles. The fraction of sp³-hybridized carbons (Fsp3) is 0.133. The molecule has 0 atom stereocenters. The lowest BCUT2D eigenvalue weighted by atomic mass is 10.2. The Morgan fingerprint density at radius 3 is 2.86 bits per heavy atom. The molecule has 2 rings (SSSR count). The summed E-state index contributed by atoms with van der Waals surface area (Å²) in [6.45, 7) is 1.59. The maximum Gasteiger partial charge on any atom is 0.262 e. The van der Waals surface area contributed by atoms with E-state index in [1.165, 1.54) is 6.07 Å². The van der Waals surface area contributed by atoms with E-state index >= 15 is 0 Å². The van der Waals surface area contributed by atoms with E-state index in [0.717, 1.165) is 5.56 Å². The maximum absolute atomic E-state index is 13.5. The van der Waals surface area contributed by atoms with Gasteiger partial charge in [-0.2, -0.15) is 0 Å². The molecule has 0 unspecified atom stereocenters. The summed E-state index contributed by atoms with van der Waals surface area (Å²) in [6, 6.07) is 9.61. The summed E-state index contributed by atoms with van der Waals surface area (Å²) < 4.78 is 19.1. The number of anilines is 1. The molecule has 21 heavy (non-hydrogen) atoms. The SMILES string of the molecule is Cc1cc(Br)c(F)cc1NC(=O)COc1cccc(Cl)c1. The highest BCUT2D eigenvalue weighted by Gasteiger charge is 2.09. The molecule has 0 aliphatic carbocycles. The summed E-state index contributed by atoms with van der Waals surface area (Å²) in [5.41, 5.74) is 1.16. The van der Waals surface area contributed by atoms with Gasteiger partial charge in [-0.25, -0.2) is 4.39 Å². The quantitative estimate of drug-likeness (QED) is 0.854. The van der Waals surface area contributed by atoms with E-state index in [0.29, 0.717) is 20.9 Å². The summed E-state index contributed by atoms with van der Waals surface area (Å²) >= 11 is 8.91. The van der Waals surface area contributed by atoms with Gasteiger partial charge in [-0.3, -0.25) is 4.79 Å². The smallest absolute Gasteiger partial charge is 0.262 e. The Balaban J connectivity index is 1.97. The third-order valence-electron chi connectivity index (χ3n) is 2.71. The van der Waals surface area contributed by atoms with Crippen LogP contribution in [0.25, 0.3) is 0 Å². The molecule has 2 aromatic carbocycles. The van der Waals surface area contributed by atoms with E-state index in [9.17, 15) is 9.18 Å². The second kappa shape index (κ2) is 6.91. The van der Waals surface area contributed by atoms with Crippen molar-refractivity contribution in [3.05, 3.63) is 57.3 Å². The number of nitrogens with one attached hydrogen (secondary N) is 1. The average molecular weight is 373 g/mol. The average Bonchev–Trinajstić information content (AvgIpc) is 2.43. The van der Waals surface area contributed by atoms with E-state index in [1.807, 2.05) is 0 Å². The van der Waals surface area contributed by atoms with Crippen LogP contribution in [0.15, 0.2) is 40.9 Å². The first-order chi connectivity index (χ1) is 9.95. The number of halogens is 3. The van der Waals surface area contributed by atoms with E-state index in [2.05, 4.69) is 21.2 Å². The second-order valence-corrected chi connectivity index (χ2v) is 5.67. The molecule has 1 N–H and O–H groups in total. The highest BCUT2D eigenvalue weighted by atomic mass is 79.9. The van der Waals surface area contributed by atoms with Gasteiger partial charge in [0.15, 0.2) is 6.61 Å². The van der Waals surface area contributed by atoms with Gasteiger partial charge in [0.05, 0.1) is 4.47 Å². The van der Waals surface area contributed by atoms with Gasteiger partial charge in [0.25, 0.3) is 5.91 Å². The van der Waals surface area contributed by atoms with Crippen LogP contribution in [-0.4, -0.2) is 12.5 Å². The van der Waals surface area contributed by atoms with Gasteiger partial charge in [-0.1, -0.05) is 17.7 Å². The highest BCUT2D eigenvalue weighted by molar-refractivity contribution is 9.10. The topological polar surface area (TPSA) is 38.3 Å². The van der Waals surface area contributed by atoms with Crippen LogP contribution < -0.4 is 10.1 Å². The molecule has 0 saturated heterocycles. The molecule has 0 spiro atoms. The van der Waals surface area contributed by atoms with Crippen molar-refractivity contribution in [3.8, 4) is 5.75 Å². The van der Waals surface area contributed by atoms with Crippen molar-refractivity contribution in [3.63, 3.8) is 0 Å². The van der Waals surface area contributed by atoms with Gasteiger partial charge < -0.3 is 10.1 Å². The zero-order chi connectivity index (χ0) is 15.4. The summed E-state index contributed by atoms with van der Waals surface area (Å²) in [7, 11) is 0. The van der Waals surface area contributed by atoms with Crippen molar-refractivity contribution in [1.82, 2.24) is 0 Å². The zero-order valence-corrected chi connectivity index (χ0v) is 13.5. The van der Waals surface area contributed by atoms with Gasteiger partial charge in [0.2, 0.25) is 0 Å². The van der Waals surface area contributed by atoms with E-state index in [1.54, 1.807) is 37.3 Å². The van der Waals surface area contributed by atoms with Crippen LogP contribution in [-0.2, 0) is 4.79 Å². The maximum atomic E-state index is 13.5. The first kappa shape index (κ1) is 15.8. The van der Waals surface area contributed by atoms with Crippen molar-refractivity contribution < 1.29 is 13.9 Å². The second-order valence-electron chi connectivity index (χ2n) is 4.38. The highest BCUT2D eigenvalue weighted by Crippen LogP contribution is 2.24. The molecule has 0 saturated carbocycles. The minimum absolute atomic E-state index is 0.183. The van der Waals surface area contributed by atoms with Gasteiger partial charge in [-0.05, 0) is 58.7 Å². The van der Waals surface area contributed by atoms with Crippen molar-refractivity contribution in [2.75, 3.05) is 11.9 Å². The third kappa shape index (κ3) is 4.44. The lowest BCUT2D eigenvalue weighted by molar-refractivity contribution is -0.118. The minimum atomic E-state index is -0.438. The summed E-state index contributed by atoms with van der Waals surface area (Å²) in [6.07, 6.45) is 0. The number of benzene rings is 2. The Kier molecular flexibility index (Phi) is 5.20. The number of ether oxygens (including phenoxy) is 1. The van der Waals surface area contributed by atoms with Crippen molar-refractivity contribution in [1.29, 1.82) is 0 Å². The number of hydrogen-bond acceptors (Lipinski definition) is 2. The van der Waals surface area contributed by atoms with Crippen LogP contribution in [0.4, 0.5) is 10.1 Å². The Labute approximate surface area is 135 Å². The Morgan fingerprint density at radius 1 is 1.38 bits per heavy atom. The predicted octanol–water partition coefficient (Wildman–Crippen LogP) is 4.57. The number of carbonyl (C=O) groups excluding carboxylic acids is 1. The molecule has 0 aromatic heterocycles. The third-order valence-corrected chi connectivity index (χ3v) is 3.55. The normalized spacial score (nSPS) is 10.3. The molecule has 6 heteroatoms. The van der Waals surface area contributed by atoms with Crippen molar-refractivity contribution in [2.24, 2.45) is 0 Å². The first-order valence-electron chi connectivity index (χ1n) is 6.09. The molecule has 0 bridgehead atoms. The Bertz CT molecular complexity index is 679.